The molecule has 2 aromatic rings. The van der Waals surface area contributed by atoms with Crippen molar-refractivity contribution in [3.05, 3.63) is 48.0 Å². The Morgan fingerprint density at radius 1 is 1.18 bits per heavy atom. The monoisotopic (exact) mass is 268 g/mol. The van der Waals surface area contributed by atoms with E-state index in [-0.39, 0.29) is 6.00 Å². The first-order chi connectivity index (χ1) is 8.22. The summed E-state index contributed by atoms with van der Waals surface area (Å²) >= 11 is 3.30. The zero-order valence-electron chi connectivity index (χ0n) is 9.01. The molecule has 0 aliphatic carbocycles. The molecule has 0 heterocycles. The molecule has 0 saturated carbocycles. The van der Waals surface area contributed by atoms with Crippen molar-refractivity contribution in [2.75, 3.05) is 6.00 Å². The SMILES string of the molecule is O=S([O-])N(CCl)Cc1cccc2ccccc12. The molecule has 3 nitrogen and oxygen atoms in total. The standard InChI is InChI=1S/C12H12ClNO2S/c13-9-14(17(15)16)8-11-6-3-5-10-4-1-2-7-12(10)11/h1-7H,8-9H2,(H,15,16)/p-1. The van der Waals surface area contributed by atoms with E-state index in [2.05, 4.69) is 0 Å². The van der Waals surface area contributed by atoms with Crippen LogP contribution < -0.4 is 0 Å². The van der Waals surface area contributed by atoms with Gasteiger partial charge in [0.25, 0.3) is 0 Å². The van der Waals surface area contributed by atoms with Crippen molar-refractivity contribution in [2.45, 2.75) is 6.54 Å². The van der Waals surface area contributed by atoms with Gasteiger partial charge < -0.3 is 4.55 Å². The van der Waals surface area contributed by atoms with Crippen LogP contribution in [0.3, 0.4) is 0 Å². The summed E-state index contributed by atoms with van der Waals surface area (Å²) in [4.78, 5) is 0. The van der Waals surface area contributed by atoms with Crippen LogP contribution in [0.5, 0.6) is 0 Å². The highest BCUT2D eigenvalue weighted by Gasteiger charge is 2.07. The largest absolute Gasteiger partial charge is 0.760 e. The van der Waals surface area contributed by atoms with Gasteiger partial charge in [-0.1, -0.05) is 42.5 Å². The third-order valence-corrected chi connectivity index (χ3v) is 3.68. The van der Waals surface area contributed by atoms with E-state index in [1.165, 1.54) is 4.31 Å². The molecule has 0 saturated heterocycles. The van der Waals surface area contributed by atoms with Crippen LogP contribution in [-0.2, 0) is 17.8 Å². The number of benzene rings is 2. The van der Waals surface area contributed by atoms with E-state index in [0.29, 0.717) is 6.54 Å². The summed E-state index contributed by atoms with van der Waals surface area (Å²) < 4.78 is 23.0. The second kappa shape index (κ2) is 5.60. The van der Waals surface area contributed by atoms with E-state index in [9.17, 15) is 8.76 Å². The first-order valence-electron chi connectivity index (χ1n) is 5.09. The minimum absolute atomic E-state index is 0.0423. The lowest BCUT2D eigenvalue weighted by atomic mass is 10.0. The van der Waals surface area contributed by atoms with Gasteiger partial charge in [0.15, 0.2) is 0 Å². The lowest BCUT2D eigenvalue weighted by Crippen LogP contribution is -2.23. The number of hydrogen-bond acceptors (Lipinski definition) is 2. The van der Waals surface area contributed by atoms with Gasteiger partial charge in [0, 0.05) is 17.8 Å². The first-order valence-corrected chi connectivity index (χ1v) is 6.66. The summed E-state index contributed by atoms with van der Waals surface area (Å²) in [5, 5.41) is 2.15. The summed E-state index contributed by atoms with van der Waals surface area (Å²) in [5.74, 6) is 0. The van der Waals surface area contributed by atoms with Crippen molar-refractivity contribution in [2.24, 2.45) is 0 Å². The molecule has 90 valence electrons. The average molecular weight is 269 g/mol. The van der Waals surface area contributed by atoms with Crippen LogP contribution in [-0.4, -0.2) is 19.1 Å². The lowest BCUT2D eigenvalue weighted by molar-refractivity contribution is 0.420. The minimum Gasteiger partial charge on any atom is -0.760 e. The van der Waals surface area contributed by atoms with Gasteiger partial charge >= 0.3 is 0 Å². The first kappa shape index (κ1) is 12.5. The van der Waals surface area contributed by atoms with Crippen LogP contribution in [0.4, 0.5) is 0 Å². The lowest BCUT2D eigenvalue weighted by Gasteiger charge is -2.21. The summed E-state index contributed by atoms with van der Waals surface area (Å²) in [6.07, 6.45) is 0. The quantitative estimate of drug-likeness (QED) is 0.486. The molecule has 0 aromatic heterocycles. The molecule has 0 radical (unpaired) electrons. The summed E-state index contributed by atoms with van der Waals surface area (Å²) in [7, 11) is 0. The smallest absolute Gasteiger partial charge is 0.0850 e. The maximum atomic E-state index is 10.9. The van der Waals surface area contributed by atoms with E-state index in [1.54, 1.807) is 0 Å². The van der Waals surface area contributed by atoms with Crippen LogP contribution in [0.2, 0.25) is 0 Å². The zero-order chi connectivity index (χ0) is 12.3. The number of alkyl halides is 1. The molecule has 1 atom stereocenters. The van der Waals surface area contributed by atoms with Gasteiger partial charge in [-0.05, 0) is 16.3 Å². The molecule has 17 heavy (non-hydrogen) atoms. The Morgan fingerprint density at radius 2 is 1.88 bits per heavy atom. The fourth-order valence-electron chi connectivity index (χ4n) is 1.76. The van der Waals surface area contributed by atoms with Gasteiger partial charge in [0.2, 0.25) is 0 Å². The Labute approximate surface area is 107 Å². The van der Waals surface area contributed by atoms with E-state index >= 15 is 0 Å². The topological polar surface area (TPSA) is 43.4 Å². The molecule has 0 N–H and O–H groups in total. The minimum atomic E-state index is -2.30. The van der Waals surface area contributed by atoms with Crippen molar-refractivity contribution in [1.29, 1.82) is 0 Å². The van der Waals surface area contributed by atoms with Gasteiger partial charge in [0.05, 0.1) is 6.00 Å². The average Bonchev–Trinajstić information content (AvgIpc) is 2.35. The molecule has 1 unspecified atom stereocenters. The highest BCUT2D eigenvalue weighted by Crippen LogP contribution is 2.20. The third kappa shape index (κ3) is 2.84. The van der Waals surface area contributed by atoms with E-state index in [0.717, 1.165) is 16.3 Å². The molecule has 0 aliphatic heterocycles. The maximum Gasteiger partial charge on any atom is 0.0850 e. The Hall–Kier alpha value is -0.940. The van der Waals surface area contributed by atoms with Gasteiger partial charge in [-0.2, -0.15) is 0 Å². The second-order valence-corrected chi connectivity index (χ2v) is 4.80. The number of rotatable bonds is 4. The maximum absolute atomic E-state index is 10.9. The normalized spacial score (nSPS) is 13.1. The fraction of sp³-hybridized carbons (Fsp3) is 0.167. The van der Waals surface area contributed by atoms with Crippen molar-refractivity contribution >= 4 is 33.6 Å². The van der Waals surface area contributed by atoms with Crippen molar-refractivity contribution in [3.63, 3.8) is 0 Å². The van der Waals surface area contributed by atoms with Gasteiger partial charge in [0.1, 0.15) is 0 Å². The van der Waals surface area contributed by atoms with Crippen LogP contribution in [0, 0.1) is 0 Å². The molecule has 0 amide bonds. The van der Waals surface area contributed by atoms with Crippen LogP contribution in [0.15, 0.2) is 42.5 Å². The molecule has 0 spiro atoms. The molecule has 2 aromatic carbocycles. The van der Waals surface area contributed by atoms with Crippen molar-refractivity contribution < 1.29 is 8.76 Å². The van der Waals surface area contributed by atoms with Crippen LogP contribution >= 0.6 is 11.6 Å². The number of nitrogens with zero attached hydrogens (tertiary/aromatic N) is 1. The number of fused-ring (bicyclic) bond motifs is 1. The molecule has 0 aliphatic rings. The van der Waals surface area contributed by atoms with Gasteiger partial charge in [-0.25, -0.2) is 4.31 Å². The van der Waals surface area contributed by atoms with E-state index in [1.807, 2.05) is 42.5 Å². The Bertz CT molecular complexity index is 542. The highest BCUT2D eigenvalue weighted by atomic mass is 35.5. The molecular formula is C12H11ClNO2S-. The highest BCUT2D eigenvalue weighted by molar-refractivity contribution is 7.76. The molecule has 0 bridgehead atoms. The molecular weight excluding hydrogens is 258 g/mol. The number of hydrogen-bond donors (Lipinski definition) is 0. The van der Waals surface area contributed by atoms with Crippen LogP contribution in [0.25, 0.3) is 10.8 Å². The van der Waals surface area contributed by atoms with E-state index in [4.69, 9.17) is 11.6 Å². The third-order valence-electron chi connectivity index (χ3n) is 2.57. The summed E-state index contributed by atoms with van der Waals surface area (Å²) in [5.41, 5.74) is 0.952. The summed E-state index contributed by atoms with van der Waals surface area (Å²) in [6, 6.07) is 13.6. The van der Waals surface area contributed by atoms with E-state index < -0.39 is 11.3 Å². The van der Waals surface area contributed by atoms with Crippen molar-refractivity contribution in [1.82, 2.24) is 4.31 Å². The van der Waals surface area contributed by atoms with Gasteiger partial charge in [-0.3, -0.25) is 4.21 Å². The Morgan fingerprint density at radius 3 is 2.59 bits per heavy atom. The number of halogens is 1. The Kier molecular flexibility index (Phi) is 4.12. The molecule has 5 heteroatoms. The predicted octanol–water partition coefficient (Wildman–Crippen LogP) is 2.63. The summed E-state index contributed by atoms with van der Waals surface area (Å²) in [6.45, 7) is 0.293. The Balaban J connectivity index is 2.38. The molecule has 2 rings (SSSR count). The zero-order valence-corrected chi connectivity index (χ0v) is 10.6. The molecule has 0 fully saturated rings. The second-order valence-electron chi connectivity index (χ2n) is 3.61. The van der Waals surface area contributed by atoms with Crippen molar-refractivity contribution in [3.8, 4) is 0 Å². The van der Waals surface area contributed by atoms with Gasteiger partial charge in [-0.15, -0.1) is 11.6 Å². The predicted molar refractivity (Wildman–Crippen MR) is 69.1 cm³/mol. The van der Waals surface area contributed by atoms with Crippen LogP contribution in [0.1, 0.15) is 5.56 Å². The fourth-order valence-corrected chi connectivity index (χ4v) is 2.40.